The summed E-state index contributed by atoms with van der Waals surface area (Å²) < 4.78 is 0. The Bertz CT molecular complexity index is 124. The van der Waals surface area contributed by atoms with E-state index in [2.05, 4.69) is 48.5 Å². The van der Waals surface area contributed by atoms with Crippen molar-refractivity contribution in [3.05, 3.63) is 6.92 Å². The van der Waals surface area contributed by atoms with E-state index in [0.29, 0.717) is 16.7 Å². The van der Waals surface area contributed by atoms with E-state index in [9.17, 15) is 0 Å². The van der Waals surface area contributed by atoms with Crippen LogP contribution in [0.2, 0.25) is 0 Å². The molecule has 0 spiro atoms. The number of hydrogen-bond acceptors (Lipinski definition) is 0. The Labute approximate surface area is 78.8 Å². The topological polar surface area (TPSA) is 0 Å². The second kappa shape index (κ2) is 3.81. The lowest BCUT2D eigenvalue weighted by Gasteiger charge is -2.46. The third-order valence-electron chi connectivity index (χ3n) is 4.35. The van der Waals surface area contributed by atoms with E-state index in [1.165, 1.54) is 12.8 Å². The van der Waals surface area contributed by atoms with E-state index in [4.69, 9.17) is 0 Å². The molecule has 12 heavy (non-hydrogen) atoms. The molecule has 0 aromatic rings. The van der Waals surface area contributed by atoms with Crippen LogP contribution in [0, 0.1) is 23.7 Å². The van der Waals surface area contributed by atoms with Gasteiger partial charge in [-0.3, -0.25) is 0 Å². The summed E-state index contributed by atoms with van der Waals surface area (Å²) in [7, 11) is 0. The molecule has 0 bridgehead atoms. The minimum absolute atomic E-state index is 0.344. The zero-order chi connectivity index (χ0) is 9.99. The molecule has 0 fully saturated rings. The maximum atomic E-state index is 4.17. The van der Waals surface area contributed by atoms with Gasteiger partial charge in [-0.2, -0.15) is 0 Å². The fourth-order valence-electron chi connectivity index (χ4n) is 1.76. The van der Waals surface area contributed by atoms with E-state index in [1.54, 1.807) is 0 Å². The van der Waals surface area contributed by atoms with E-state index in [-0.39, 0.29) is 0 Å². The van der Waals surface area contributed by atoms with Crippen molar-refractivity contribution in [2.24, 2.45) is 16.7 Å². The summed E-state index contributed by atoms with van der Waals surface area (Å²) in [5, 5.41) is 0. The molecule has 0 nitrogen and oxygen atoms in total. The maximum absolute atomic E-state index is 4.17. The van der Waals surface area contributed by atoms with Crippen LogP contribution in [0.5, 0.6) is 0 Å². The first-order valence-corrected chi connectivity index (χ1v) is 5.15. The van der Waals surface area contributed by atoms with E-state index in [1.807, 2.05) is 0 Å². The van der Waals surface area contributed by atoms with Crippen LogP contribution < -0.4 is 0 Å². The highest BCUT2D eigenvalue weighted by Crippen LogP contribution is 2.48. The predicted octanol–water partition coefficient (Wildman–Crippen LogP) is 4.31. The van der Waals surface area contributed by atoms with Gasteiger partial charge in [-0.05, 0) is 23.7 Å². The summed E-state index contributed by atoms with van der Waals surface area (Å²) in [6, 6.07) is 0. The number of rotatable bonds is 4. The molecule has 0 saturated heterocycles. The molecule has 73 valence electrons. The first kappa shape index (κ1) is 12.0. The van der Waals surface area contributed by atoms with Gasteiger partial charge in [0.15, 0.2) is 0 Å². The molecule has 0 aromatic heterocycles. The third kappa shape index (κ3) is 1.84. The summed E-state index contributed by atoms with van der Waals surface area (Å²) in [4.78, 5) is 0. The van der Waals surface area contributed by atoms with Gasteiger partial charge in [-0.15, -0.1) is 0 Å². The summed E-state index contributed by atoms with van der Waals surface area (Å²) in [6.07, 6.45) is 2.49. The van der Waals surface area contributed by atoms with Crippen molar-refractivity contribution in [2.75, 3.05) is 0 Å². The standard InChI is InChI=1S/C12H25/c1-8-12(7,9-2)11(5,6)10(3)4/h10H,3,8-9H2,1-2,4-7H3. The van der Waals surface area contributed by atoms with Crippen LogP contribution in [-0.2, 0) is 0 Å². The van der Waals surface area contributed by atoms with Crippen molar-refractivity contribution in [3.8, 4) is 0 Å². The molecule has 0 saturated carbocycles. The zero-order valence-corrected chi connectivity index (χ0v) is 9.70. The molecule has 1 radical (unpaired) electrons. The van der Waals surface area contributed by atoms with E-state index < -0.39 is 0 Å². The van der Waals surface area contributed by atoms with Gasteiger partial charge in [0.2, 0.25) is 0 Å². The van der Waals surface area contributed by atoms with Crippen molar-refractivity contribution >= 4 is 0 Å². The van der Waals surface area contributed by atoms with Gasteiger partial charge in [0.1, 0.15) is 0 Å². The van der Waals surface area contributed by atoms with Crippen LogP contribution in [-0.4, -0.2) is 0 Å². The van der Waals surface area contributed by atoms with Crippen molar-refractivity contribution < 1.29 is 0 Å². The minimum atomic E-state index is 0.344. The zero-order valence-electron chi connectivity index (χ0n) is 9.70. The van der Waals surface area contributed by atoms with Gasteiger partial charge >= 0.3 is 0 Å². The van der Waals surface area contributed by atoms with Crippen LogP contribution in [0.4, 0.5) is 0 Å². The van der Waals surface area contributed by atoms with Crippen LogP contribution in [0.15, 0.2) is 0 Å². The molecule has 0 aliphatic carbocycles. The molecule has 0 amide bonds. The molecule has 1 atom stereocenters. The molecule has 0 heterocycles. The average molecular weight is 169 g/mol. The fraction of sp³-hybridized carbons (Fsp3) is 0.917. The third-order valence-corrected chi connectivity index (χ3v) is 4.35. The lowest BCUT2D eigenvalue weighted by Crippen LogP contribution is -2.38. The quantitative estimate of drug-likeness (QED) is 0.588. The molecular weight excluding hydrogens is 144 g/mol. The Morgan fingerprint density at radius 2 is 1.42 bits per heavy atom. The van der Waals surface area contributed by atoms with Crippen molar-refractivity contribution in [1.29, 1.82) is 0 Å². The van der Waals surface area contributed by atoms with Crippen molar-refractivity contribution in [1.82, 2.24) is 0 Å². The lowest BCUT2D eigenvalue weighted by molar-refractivity contribution is 0.0410. The Kier molecular flexibility index (Phi) is 3.81. The van der Waals surface area contributed by atoms with Gasteiger partial charge in [0.05, 0.1) is 0 Å². The lowest BCUT2D eigenvalue weighted by atomic mass is 9.59. The Balaban J connectivity index is 4.70. The molecule has 0 aromatic carbocycles. The smallest absolute Gasteiger partial charge is 0.0275 e. The first-order valence-electron chi connectivity index (χ1n) is 5.15. The fourth-order valence-corrected chi connectivity index (χ4v) is 1.76. The predicted molar refractivity (Wildman–Crippen MR) is 57.0 cm³/mol. The highest BCUT2D eigenvalue weighted by atomic mass is 14.4. The number of hydrogen-bond donors (Lipinski definition) is 0. The highest BCUT2D eigenvalue weighted by molar-refractivity contribution is 4.91. The van der Waals surface area contributed by atoms with Crippen LogP contribution in [0.3, 0.4) is 0 Å². The second-order valence-electron chi connectivity index (χ2n) is 4.89. The largest absolute Gasteiger partial charge is 0.0648 e. The molecule has 0 heteroatoms. The molecule has 0 N–H and O–H groups in total. The monoisotopic (exact) mass is 169 g/mol. The summed E-state index contributed by atoms with van der Waals surface area (Å²) in [5.74, 6) is 0.516. The average Bonchev–Trinajstić information content (AvgIpc) is 2.02. The van der Waals surface area contributed by atoms with Crippen LogP contribution in [0.25, 0.3) is 0 Å². The molecule has 0 aliphatic heterocycles. The van der Waals surface area contributed by atoms with Crippen LogP contribution >= 0.6 is 0 Å². The Morgan fingerprint density at radius 3 is 1.50 bits per heavy atom. The van der Waals surface area contributed by atoms with Gasteiger partial charge in [0.25, 0.3) is 0 Å². The van der Waals surface area contributed by atoms with Crippen molar-refractivity contribution in [3.63, 3.8) is 0 Å². The molecular formula is C12H25. The maximum Gasteiger partial charge on any atom is -0.0275 e. The van der Waals surface area contributed by atoms with Gasteiger partial charge < -0.3 is 0 Å². The molecule has 0 aliphatic rings. The van der Waals surface area contributed by atoms with Gasteiger partial charge in [0, 0.05) is 0 Å². The second-order valence-corrected chi connectivity index (χ2v) is 4.89. The SMILES string of the molecule is [CH2]C(C)C(C)(C)C(C)(CC)CC. The summed E-state index contributed by atoms with van der Waals surface area (Å²) >= 11 is 0. The summed E-state index contributed by atoms with van der Waals surface area (Å²) in [6.45, 7) is 18.0. The van der Waals surface area contributed by atoms with Crippen LogP contribution in [0.1, 0.15) is 54.4 Å². The van der Waals surface area contributed by atoms with E-state index >= 15 is 0 Å². The van der Waals surface area contributed by atoms with Crippen molar-refractivity contribution in [2.45, 2.75) is 54.4 Å². The molecule has 0 rings (SSSR count). The minimum Gasteiger partial charge on any atom is -0.0648 e. The Hall–Kier alpha value is 0. The van der Waals surface area contributed by atoms with E-state index in [0.717, 1.165) is 0 Å². The highest BCUT2D eigenvalue weighted by Gasteiger charge is 2.39. The normalized spacial score (nSPS) is 14.0. The molecule has 1 unspecified atom stereocenters. The summed E-state index contributed by atoms with van der Waals surface area (Å²) in [5.41, 5.74) is 0.782. The Morgan fingerprint density at radius 1 is 1.08 bits per heavy atom. The van der Waals surface area contributed by atoms with Gasteiger partial charge in [-0.1, -0.05) is 54.4 Å². The van der Waals surface area contributed by atoms with Gasteiger partial charge in [-0.25, -0.2) is 0 Å². The first-order chi connectivity index (χ1) is 5.31.